The van der Waals surface area contributed by atoms with E-state index in [4.69, 9.17) is 9.47 Å². The van der Waals surface area contributed by atoms with Crippen LogP contribution in [0.25, 0.3) is 0 Å². The number of carbonyl (C=O) groups is 1. The zero-order valence-corrected chi connectivity index (χ0v) is 14.2. The molecule has 0 spiro atoms. The summed E-state index contributed by atoms with van der Waals surface area (Å²) in [4.78, 5) is 19.3. The number of amides is 1. The standard InChI is InChI=1S/C17H22N4O3/c1-11-18-16(20-19-11)13-6-4-5-9-21(13)17(22)12-7-8-14(23-2)15(10-12)24-3/h7-8,10,13H,4-6,9H2,1-3H3,(H,18,19,20)/t13-/m1/s1. The number of aromatic nitrogens is 3. The number of aryl methyl sites for hydroxylation is 1. The molecule has 1 amide bonds. The maximum atomic E-state index is 13.0. The minimum Gasteiger partial charge on any atom is -0.493 e. The summed E-state index contributed by atoms with van der Waals surface area (Å²) in [6.07, 6.45) is 2.92. The smallest absolute Gasteiger partial charge is 0.254 e. The molecule has 24 heavy (non-hydrogen) atoms. The van der Waals surface area contributed by atoms with Crippen molar-refractivity contribution in [3.8, 4) is 11.5 Å². The van der Waals surface area contributed by atoms with Crippen LogP contribution in [0.1, 0.15) is 47.3 Å². The number of aromatic amines is 1. The Labute approximate surface area is 141 Å². The largest absolute Gasteiger partial charge is 0.493 e. The lowest BCUT2D eigenvalue weighted by atomic mass is 10.00. The molecule has 7 nitrogen and oxygen atoms in total. The molecule has 0 saturated carbocycles. The number of likely N-dealkylation sites (tertiary alicyclic amines) is 1. The van der Waals surface area contributed by atoms with E-state index in [9.17, 15) is 4.79 Å². The summed E-state index contributed by atoms with van der Waals surface area (Å²) in [7, 11) is 3.14. The van der Waals surface area contributed by atoms with Crippen LogP contribution in [0, 0.1) is 6.92 Å². The minimum atomic E-state index is -0.0932. The highest BCUT2D eigenvalue weighted by Crippen LogP contribution is 2.32. The molecule has 128 valence electrons. The van der Waals surface area contributed by atoms with E-state index in [2.05, 4.69) is 15.2 Å². The van der Waals surface area contributed by atoms with Crippen LogP contribution in [0.3, 0.4) is 0 Å². The minimum absolute atomic E-state index is 0.0388. The maximum Gasteiger partial charge on any atom is 0.254 e. The number of piperidine rings is 1. The third kappa shape index (κ3) is 3.06. The van der Waals surface area contributed by atoms with Gasteiger partial charge in [0.15, 0.2) is 17.3 Å². The van der Waals surface area contributed by atoms with Gasteiger partial charge >= 0.3 is 0 Å². The molecule has 1 fully saturated rings. The molecule has 2 heterocycles. The van der Waals surface area contributed by atoms with Gasteiger partial charge in [0.2, 0.25) is 0 Å². The fourth-order valence-corrected chi connectivity index (χ4v) is 3.09. The first kappa shape index (κ1) is 16.3. The van der Waals surface area contributed by atoms with Crippen molar-refractivity contribution in [2.24, 2.45) is 0 Å². The molecule has 0 radical (unpaired) electrons. The van der Waals surface area contributed by atoms with Crippen LogP contribution < -0.4 is 9.47 Å². The van der Waals surface area contributed by atoms with E-state index in [-0.39, 0.29) is 11.9 Å². The predicted molar refractivity (Wildman–Crippen MR) is 88.3 cm³/mol. The fraction of sp³-hybridized carbons (Fsp3) is 0.471. The van der Waals surface area contributed by atoms with Crippen molar-refractivity contribution < 1.29 is 14.3 Å². The van der Waals surface area contributed by atoms with Gasteiger partial charge in [-0.05, 0) is 44.4 Å². The van der Waals surface area contributed by atoms with Crippen molar-refractivity contribution in [1.29, 1.82) is 0 Å². The number of methoxy groups -OCH3 is 2. The summed E-state index contributed by atoms with van der Waals surface area (Å²) >= 11 is 0. The number of hydrogen-bond donors (Lipinski definition) is 1. The summed E-state index contributed by atoms with van der Waals surface area (Å²) in [5.41, 5.74) is 0.576. The van der Waals surface area contributed by atoms with Gasteiger partial charge in [-0.3, -0.25) is 9.89 Å². The number of hydrogen-bond acceptors (Lipinski definition) is 5. The Morgan fingerprint density at radius 3 is 2.71 bits per heavy atom. The fourth-order valence-electron chi connectivity index (χ4n) is 3.09. The average Bonchev–Trinajstić information content (AvgIpc) is 3.06. The molecule has 0 aliphatic carbocycles. The molecule has 1 atom stereocenters. The van der Waals surface area contributed by atoms with Gasteiger partial charge in [0, 0.05) is 12.1 Å². The maximum absolute atomic E-state index is 13.0. The number of ether oxygens (including phenoxy) is 2. The third-order valence-corrected chi connectivity index (χ3v) is 4.31. The first-order chi connectivity index (χ1) is 11.6. The van der Waals surface area contributed by atoms with Crippen LogP contribution in [0.5, 0.6) is 11.5 Å². The van der Waals surface area contributed by atoms with E-state index in [0.29, 0.717) is 29.4 Å². The van der Waals surface area contributed by atoms with Crippen molar-refractivity contribution >= 4 is 5.91 Å². The van der Waals surface area contributed by atoms with Crippen molar-refractivity contribution in [1.82, 2.24) is 20.1 Å². The van der Waals surface area contributed by atoms with E-state index in [1.165, 1.54) is 0 Å². The van der Waals surface area contributed by atoms with Gasteiger partial charge in [0.25, 0.3) is 5.91 Å². The van der Waals surface area contributed by atoms with Crippen LogP contribution in [-0.4, -0.2) is 46.8 Å². The summed E-state index contributed by atoms with van der Waals surface area (Å²) in [5.74, 6) is 2.55. The molecule has 7 heteroatoms. The Morgan fingerprint density at radius 1 is 1.25 bits per heavy atom. The lowest BCUT2D eigenvalue weighted by Crippen LogP contribution is -2.39. The van der Waals surface area contributed by atoms with Gasteiger partial charge in [0.05, 0.1) is 20.3 Å². The van der Waals surface area contributed by atoms with E-state index >= 15 is 0 Å². The van der Waals surface area contributed by atoms with Crippen LogP contribution in [0.4, 0.5) is 0 Å². The lowest BCUT2D eigenvalue weighted by molar-refractivity contribution is 0.0600. The number of H-pyrrole nitrogens is 1. The molecule has 1 N–H and O–H groups in total. The first-order valence-corrected chi connectivity index (χ1v) is 8.06. The number of nitrogens with zero attached hydrogens (tertiary/aromatic N) is 3. The highest BCUT2D eigenvalue weighted by Gasteiger charge is 2.31. The summed E-state index contributed by atoms with van der Waals surface area (Å²) in [6.45, 7) is 2.56. The number of carbonyl (C=O) groups excluding carboxylic acids is 1. The Morgan fingerprint density at radius 2 is 2.04 bits per heavy atom. The molecular formula is C17H22N4O3. The molecule has 0 unspecified atom stereocenters. The van der Waals surface area contributed by atoms with Crippen LogP contribution >= 0.6 is 0 Å². The molecule has 1 aromatic heterocycles. The number of rotatable bonds is 4. The van der Waals surface area contributed by atoms with Gasteiger partial charge < -0.3 is 14.4 Å². The van der Waals surface area contributed by atoms with Gasteiger partial charge in [-0.25, -0.2) is 4.98 Å². The lowest BCUT2D eigenvalue weighted by Gasteiger charge is -2.34. The number of nitrogens with one attached hydrogen (secondary N) is 1. The summed E-state index contributed by atoms with van der Waals surface area (Å²) in [6, 6.07) is 5.14. The number of benzene rings is 1. The zero-order chi connectivity index (χ0) is 17.1. The highest BCUT2D eigenvalue weighted by molar-refractivity contribution is 5.95. The Bertz CT molecular complexity index is 728. The molecule has 1 aliphatic rings. The van der Waals surface area contributed by atoms with Gasteiger partial charge in [-0.15, -0.1) is 0 Å². The molecule has 1 saturated heterocycles. The monoisotopic (exact) mass is 330 g/mol. The van der Waals surface area contributed by atoms with Crippen molar-refractivity contribution in [3.05, 3.63) is 35.4 Å². The Balaban J connectivity index is 1.89. The second-order valence-corrected chi connectivity index (χ2v) is 5.86. The summed E-state index contributed by atoms with van der Waals surface area (Å²) in [5, 5.41) is 7.12. The van der Waals surface area contributed by atoms with Crippen molar-refractivity contribution in [3.63, 3.8) is 0 Å². The van der Waals surface area contributed by atoms with Gasteiger partial charge in [0.1, 0.15) is 5.82 Å². The second-order valence-electron chi connectivity index (χ2n) is 5.86. The van der Waals surface area contributed by atoms with Crippen LogP contribution in [0.2, 0.25) is 0 Å². The van der Waals surface area contributed by atoms with Crippen molar-refractivity contribution in [2.45, 2.75) is 32.2 Å². The second kappa shape index (κ2) is 6.90. The van der Waals surface area contributed by atoms with Crippen LogP contribution in [0.15, 0.2) is 18.2 Å². The molecule has 3 rings (SSSR count). The van der Waals surface area contributed by atoms with E-state index < -0.39 is 0 Å². The van der Waals surface area contributed by atoms with E-state index in [1.807, 2.05) is 11.8 Å². The Kier molecular flexibility index (Phi) is 4.69. The van der Waals surface area contributed by atoms with Crippen LogP contribution in [-0.2, 0) is 0 Å². The SMILES string of the molecule is COc1ccc(C(=O)N2CCCC[C@@H]2c2n[nH]c(C)n2)cc1OC. The molecule has 2 aromatic rings. The van der Waals surface area contributed by atoms with E-state index in [0.717, 1.165) is 25.1 Å². The third-order valence-electron chi connectivity index (χ3n) is 4.31. The topological polar surface area (TPSA) is 80.3 Å². The summed E-state index contributed by atoms with van der Waals surface area (Å²) < 4.78 is 10.5. The Hall–Kier alpha value is -2.57. The first-order valence-electron chi connectivity index (χ1n) is 8.06. The average molecular weight is 330 g/mol. The predicted octanol–water partition coefficient (Wildman–Crippen LogP) is 2.50. The zero-order valence-electron chi connectivity index (χ0n) is 14.2. The molecule has 1 aliphatic heterocycles. The van der Waals surface area contributed by atoms with E-state index in [1.54, 1.807) is 32.4 Å². The quantitative estimate of drug-likeness (QED) is 0.931. The van der Waals surface area contributed by atoms with Gasteiger partial charge in [-0.1, -0.05) is 0 Å². The molecule has 0 bridgehead atoms. The molecule has 1 aromatic carbocycles. The van der Waals surface area contributed by atoms with Gasteiger partial charge in [-0.2, -0.15) is 5.10 Å². The van der Waals surface area contributed by atoms with Crippen molar-refractivity contribution in [2.75, 3.05) is 20.8 Å². The normalized spacial score (nSPS) is 17.6. The highest BCUT2D eigenvalue weighted by atomic mass is 16.5. The molecular weight excluding hydrogens is 308 g/mol.